The van der Waals surface area contributed by atoms with Crippen molar-refractivity contribution >= 4 is 23.7 Å². The van der Waals surface area contributed by atoms with Gasteiger partial charge in [0.15, 0.2) is 0 Å². The summed E-state index contributed by atoms with van der Waals surface area (Å²) >= 11 is 5.98. The van der Waals surface area contributed by atoms with Crippen LogP contribution in [-0.2, 0) is 9.53 Å². The van der Waals surface area contributed by atoms with Crippen molar-refractivity contribution in [1.29, 1.82) is 0 Å². The molecular formula is C16H20ClNO4. The lowest BCUT2D eigenvalue weighted by Crippen LogP contribution is -2.44. The highest BCUT2D eigenvalue weighted by atomic mass is 35.5. The van der Waals surface area contributed by atoms with Crippen LogP contribution in [-0.4, -0.2) is 35.2 Å². The van der Waals surface area contributed by atoms with Crippen LogP contribution in [0.15, 0.2) is 24.3 Å². The van der Waals surface area contributed by atoms with Crippen molar-refractivity contribution in [2.75, 3.05) is 6.54 Å². The molecular weight excluding hydrogens is 306 g/mol. The van der Waals surface area contributed by atoms with E-state index in [1.807, 2.05) is 0 Å². The summed E-state index contributed by atoms with van der Waals surface area (Å²) in [5.41, 5.74) is -0.600. The minimum atomic E-state index is -0.633. The normalized spacial score (nSPS) is 18.2. The van der Waals surface area contributed by atoms with Crippen molar-refractivity contribution in [2.45, 2.75) is 45.3 Å². The standard InChI is InChI=1S/C16H20ClNO4/c1-16(2,3)22-15(20)18-10-6-8-12(18)14(19)21-13-9-5-4-7-11(13)17/h4-5,7,9,12H,6,8,10H2,1-3H3. The summed E-state index contributed by atoms with van der Waals surface area (Å²) in [4.78, 5) is 25.9. The molecule has 1 aliphatic rings. The van der Waals surface area contributed by atoms with E-state index in [0.717, 1.165) is 6.42 Å². The molecule has 0 saturated carbocycles. The number of amides is 1. The quantitative estimate of drug-likeness (QED) is 0.615. The van der Waals surface area contributed by atoms with Gasteiger partial charge in [-0.1, -0.05) is 23.7 Å². The van der Waals surface area contributed by atoms with Crippen molar-refractivity contribution in [3.05, 3.63) is 29.3 Å². The fourth-order valence-electron chi connectivity index (χ4n) is 2.25. The SMILES string of the molecule is CC(C)(C)OC(=O)N1CCCC1C(=O)Oc1ccccc1Cl. The highest BCUT2D eigenvalue weighted by molar-refractivity contribution is 6.32. The number of rotatable bonds is 2. The van der Waals surface area contributed by atoms with Gasteiger partial charge in [0.25, 0.3) is 0 Å². The second-order valence-electron chi connectivity index (χ2n) is 6.18. The number of halogens is 1. The second kappa shape index (κ2) is 6.57. The lowest BCUT2D eigenvalue weighted by atomic mass is 10.2. The highest BCUT2D eigenvalue weighted by Gasteiger charge is 2.38. The number of para-hydroxylation sites is 1. The van der Waals surface area contributed by atoms with Crippen LogP contribution in [0.25, 0.3) is 0 Å². The number of carbonyl (C=O) groups excluding carboxylic acids is 2. The van der Waals surface area contributed by atoms with E-state index in [9.17, 15) is 9.59 Å². The number of benzene rings is 1. The molecule has 5 nitrogen and oxygen atoms in total. The van der Waals surface area contributed by atoms with Crippen LogP contribution in [0.4, 0.5) is 4.79 Å². The second-order valence-corrected chi connectivity index (χ2v) is 6.59. The van der Waals surface area contributed by atoms with E-state index in [2.05, 4.69) is 0 Å². The van der Waals surface area contributed by atoms with Crippen LogP contribution in [0.3, 0.4) is 0 Å². The first-order chi connectivity index (χ1) is 10.3. The molecule has 1 fully saturated rings. The van der Waals surface area contributed by atoms with Gasteiger partial charge in [0.05, 0.1) is 5.02 Å². The fourth-order valence-corrected chi connectivity index (χ4v) is 2.43. The van der Waals surface area contributed by atoms with Crippen molar-refractivity contribution in [3.63, 3.8) is 0 Å². The van der Waals surface area contributed by atoms with E-state index in [1.165, 1.54) is 4.90 Å². The van der Waals surface area contributed by atoms with Crippen LogP contribution in [0.5, 0.6) is 5.75 Å². The van der Waals surface area contributed by atoms with Gasteiger partial charge in [0.2, 0.25) is 0 Å². The average molecular weight is 326 g/mol. The Bertz CT molecular complexity index is 568. The molecule has 0 radical (unpaired) electrons. The number of hydrogen-bond acceptors (Lipinski definition) is 4. The van der Waals surface area contributed by atoms with Crippen molar-refractivity contribution < 1.29 is 19.1 Å². The lowest BCUT2D eigenvalue weighted by molar-refractivity contribution is -0.139. The van der Waals surface area contributed by atoms with Gasteiger partial charge >= 0.3 is 12.1 Å². The maximum Gasteiger partial charge on any atom is 0.411 e. The van der Waals surface area contributed by atoms with Gasteiger partial charge in [-0.3, -0.25) is 4.90 Å². The topological polar surface area (TPSA) is 55.8 Å². The van der Waals surface area contributed by atoms with Crippen LogP contribution in [0.2, 0.25) is 5.02 Å². The van der Waals surface area contributed by atoms with Gasteiger partial charge < -0.3 is 9.47 Å². The molecule has 1 aromatic rings. The van der Waals surface area contributed by atoms with Crippen LogP contribution in [0, 0.1) is 0 Å². The van der Waals surface area contributed by atoms with E-state index >= 15 is 0 Å². The summed E-state index contributed by atoms with van der Waals surface area (Å²) in [7, 11) is 0. The third kappa shape index (κ3) is 4.13. The monoisotopic (exact) mass is 325 g/mol. The summed E-state index contributed by atoms with van der Waals surface area (Å²) in [6, 6.07) is 6.11. The van der Waals surface area contributed by atoms with Gasteiger partial charge in [0.1, 0.15) is 17.4 Å². The molecule has 22 heavy (non-hydrogen) atoms. The zero-order valence-electron chi connectivity index (χ0n) is 13.0. The minimum absolute atomic E-state index is 0.296. The van der Waals surface area contributed by atoms with E-state index < -0.39 is 23.7 Å². The third-order valence-electron chi connectivity index (χ3n) is 3.20. The van der Waals surface area contributed by atoms with E-state index in [1.54, 1.807) is 45.0 Å². The Labute approximate surface area is 135 Å². The third-order valence-corrected chi connectivity index (χ3v) is 3.51. The maximum absolute atomic E-state index is 12.3. The van der Waals surface area contributed by atoms with Gasteiger partial charge in [-0.2, -0.15) is 0 Å². The summed E-state index contributed by atoms with van der Waals surface area (Å²) in [5.74, 6) is -0.193. The molecule has 2 rings (SSSR count). The Balaban J connectivity index is 2.05. The average Bonchev–Trinajstić information content (AvgIpc) is 2.89. The van der Waals surface area contributed by atoms with Gasteiger partial charge in [0, 0.05) is 6.54 Å². The molecule has 1 aliphatic heterocycles. The summed E-state index contributed by atoms with van der Waals surface area (Å²) in [6.45, 7) is 5.85. The fraction of sp³-hybridized carbons (Fsp3) is 0.500. The number of carbonyl (C=O) groups is 2. The Morgan fingerprint density at radius 1 is 1.27 bits per heavy atom. The number of likely N-dealkylation sites (tertiary alicyclic amines) is 1. The molecule has 0 bridgehead atoms. The number of esters is 1. The van der Waals surface area contributed by atoms with Gasteiger partial charge in [-0.15, -0.1) is 0 Å². The Morgan fingerprint density at radius 2 is 1.95 bits per heavy atom. The molecule has 0 spiro atoms. The first kappa shape index (κ1) is 16.6. The predicted molar refractivity (Wildman–Crippen MR) is 83.0 cm³/mol. The van der Waals surface area contributed by atoms with E-state index in [4.69, 9.17) is 21.1 Å². The largest absolute Gasteiger partial charge is 0.444 e. The number of nitrogens with zero attached hydrogens (tertiary/aromatic N) is 1. The van der Waals surface area contributed by atoms with Crippen LogP contribution in [0.1, 0.15) is 33.6 Å². The summed E-state index contributed by atoms with van der Waals surface area (Å²) in [6.07, 6.45) is 0.801. The molecule has 1 atom stereocenters. The molecule has 0 aliphatic carbocycles. The predicted octanol–water partition coefficient (Wildman–Crippen LogP) is 3.64. The smallest absolute Gasteiger partial charge is 0.411 e. The Kier molecular flexibility index (Phi) is 4.96. The Hall–Kier alpha value is -1.75. The molecule has 1 aromatic carbocycles. The molecule has 0 N–H and O–H groups in total. The molecule has 120 valence electrons. The van der Waals surface area contributed by atoms with Gasteiger partial charge in [-0.05, 0) is 45.7 Å². The number of ether oxygens (including phenoxy) is 2. The molecule has 1 amide bonds. The maximum atomic E-state index is 12.3. The molecule has 1 unspecified atom stereocenters. The highest BCUT2D eigenvalue weighted by Crippen LogP contribution is 2.26. The molecule has 1 saturated heterocycles. The zero-order chi connectivity index (χ0) is 16.3. The van der Waals surface area contributed by atoms with Crippen molar-refractivity contribution in [1.82, 2.24) is 4.90 Å². The summed E-state index contributed by atoms with van der Waals surface area (Å²) in [5, 5.41) is 0.359. The van der Waals surface area contributed by atoms with Crippen molar-refractivity contribution in [3.8, 4) is 5.75 Å². The summed E-state index contributed by atoms with van der Waals surface area (Å²) < 4.78 is 10.6. The van der Waals surface area contributed by atoms with E-state index in [0.29, 0.717) is 23.7 Å². The van der Waals surface area contributed by atoms with Gasteiger partial charge in [-0.25, -0.2) is 9.59 Å². The first-order valence-corrected chi connectivity index (χ1v) is 7.61. The lowest BCUT2D eigenvalue weighted by Gasteiger charge is -2.27. The number of hydrogen-bond donors (Lipinski definition) is 0. The molecule has 0 aromatic heterocycles. The van der Waals surface area contributed by atoms with Crippen LogP contribution >= 0.6 is 11.6 Å². The van der Waals surface area contributed by atoms with E-state index in [-0.39, 0.29) is 0 Å². The van der Waals surface area contributed by atoms with Crippen LogP contribution < -0.4 is 4.74 Å². The molecule has 1 heterocycles. The Morgan fingerprint density at radius 3 is 2.59 bits per heavy atom. The minimum Gasteiger partial charge on any atom is -0.444 e. The first-order valence-electron chi connectivity index (χ1n) is 7.24. The van der Waals surface area contributed by atoms with Crippen molar-refractivity contribution in [2.24, 2.45) is 0 Å². The molecule has 6 heteroatoms. The zero-order valence-corrected chi connectivity index (χ0v) is 13.7.